The van der Waals surface area contributed by atoms with E-state index in [4.69, 9.17) is 10.2 Å². The number of nitro groups is 1. The van der Waals surface area contributed by atoms with E-state index in [1.165, 1.54) is 17.0 Å². The van der Waals surface area contributed by atoms with Crippen molar-refractivity contribution in [1.29, 1.82) is 0 Å². The zero-order chi connectivity index (χ0) is 14.1. The number of hydrogen-bond donors (Lipinski definition) is 1. The van der Waals surface area contributed by atoms with E-state index in [0.717, 1.165) is 0 Å². The predicted molar refractivity (Wildman–Crippen MR) is 72.3 cm³/mol. The van der Waals surface area contributed by atoms with E-state index in [9.17, 15) is 10.1 Å². The van der Waals surface area contributed by atoms with Crippen LogP contribution in [-0.2, 0) is 0 Å². The highest BCUT2D eigenvalue weighted by Gasteiger charge is 2.18. The van der Waals surface area contributed by atoms with Crippen LogP contribution in [0.4, 0.5) is 11.5 Å². The smallest absolute Gasteiger partial charge is 0.294 e. The van der Waals surface area contributed by atoms with Gasteiger partial charge in [-0.05, 0) is 18.2 Å². The Bertz CT molecular complexity index is 762. The molecular weight excluding hydrogens is 260 g/mol. The lowest BCUT2D eigenvalue weighted by atomic mass is 10.3. The van der Waals surface area contributed by atoms with Crippen LogP contribution in [0.2, 0.25) is 0 Å². The van der Waals surface area contributed by atoms with Crippen LogP contribution < -0.4 is 5.73 Å². The van der Waals surface area contributed by atoms with Crippen molar-refractivity contribution in [1.82, 2.24) is 9.78 Å². The maximum Gasteiger partial charge on any atom is 0.294 e. The summed E-state index contributed by atoms with van der Waals surface area (Å²) in [7, 11) is 0. The standard InChI is InChI=1S/C13H10N4O3/c14-13-8-9(12-6-3-7-20-12)15-16(13)10-4-1-2-5-11(10)17(18)19/h1-8H,14H2. The van der Waals surface area contributed by atoms with Gasteiger partial charge in [-0.2, -0.15) is 5.10 Å². The number of benzene rings is 1. The van der Waals surface area contributed by atoms with Crippen LogP contribution in [0.15, 0.2) is 53.1 Å². The molecule has 0 radical (unpaired) electrons. The van der Waals surface area contributed by atoms with E-state index >= 15 is 0 Å². The Morgan fingerprint density at radius 3 is 2.75 bits per heavy atom. The maximum atomic E-state index is 11.0. The Balaban J connectivity index is 2.14. The van der Waals surface area contributed by atoms with Crippen molar-refractivity contribution >= 4 is 11.5 Å². The van der Waals surface area contributed by atoms with E-state index in [1.54, 1.807) is 36.4 Å². The summed E-state index contributed by atoms with van der Waals surface area (Å²) >= 11 is 0. The molecule has 0 aliphatic heterocycles. The van der Waals surface area contributed by atoms with Crippen molar-refractivity contribution in [3.05, 3.63) is 58.8 Å². The summed E-state index contributed by atoms with van der Waals surface area (Å²) in [4.78, 5) is 10.6. The minimum atomic E-state index is -0.469. The first-order valence-corrected chi connectivity index (χ1v) is 5.80. The first-order chi connectivity index (χ1) is 9.66. The maximum absolute atomic E-state index is 11.0. The van der Waals surface area contributed by atoms with Crippen molar-refractivity contribution in [2.45, 2.75) is 0 Å². The van der Waals surface area contributed by atoms with Crippen molar-refractivity contribution in [3.8, 4) is 17.1 Å². The Labute approximate surface area is 113 Å². The zero-order valence-electron chi connectivity index (χ0n) is 10.3. The summed E-state index contributed by atoms with van der Waals surface area (Å²) in [6.07, 6.45) is 1.52. The molecule has 0 saturated heterocycles. The number of para-hydroxylation sites is 2. The van der Waals surface area contributed by atoms with Gasteiger partial charge in [0.15, 0.2) is 5.76 Å². The number of nitrogen functional groups attached to an aromatic ring is 1. The molecular formula is C13H10N4O3. The Kier molecular flexibility index (Phi) is 2.72. The lowest BCUT2D eigenvalue weighted by Gasteiger charge is -2.04. The number of nitro benzene ring substituents is 1. The Hall–Kier alpha value is -3.09. The molecule has 2 N–H and O–H groups in total. The average Bonchev–Trinajstić information content (AvgIpc) is 3.07. The number of aromatic nitrogens is 2. The second kappa shape index (κ2) is 4.54. The average molecular weight is 270 g/mol. The monoisotopic (exact) mass is 270 g/mol. The van der Waals surface area contributed by atoms with Crippen LogP contribution in [-0.4, -0.2) is 14.7 Å². The van der Waals surface area contributed by atoms with Gasteiger partial charge in [-0.3, -0.25) is 10.1 Å². The van der Waals surface area contributed by atoms with Gasteiger partial charge in [-0.1, -0.05) is 12.1 Å². The molecule has 100 valence electrons. The third-order valence-electron chi connectivity index (χ3n) is 2.82. The van der Waals surface area contributed by atoms with Crippen LogP contribution in [0.3, 0.4) is 0 Å². The van der Waals surface area contributed by atoms with Crippen LogP contribution >= 0.6 is 0 Å². The molecule has 0 aliphatic carbocycles. The molecule has 0 atom stereocenters. The molecule has 3 rings (SSSR count). The first kappa shape index (κ1) is 12.0. The largest absolute Gasteiger partial charge is 0.463 e. The minimum absolute atomic E-state index is 0.0618. The van der Waals surface area contributed by atoms with Crippen molar-refractivity contribution in [2.75, 3.05) is 5.73 Å². The summed E-state index contributed by atoms with van der Waals surface area (Å²) in [6, 6.07) is 11.4. The van der Waals surface area contributed by atoms with Gasteiger partial charge in [0.05, 0.1) is 11.2 Å². The fourth-order valence-corrected chi connectivity index (χ4v) is 1.93. The van der Waals surface area contributed by atoms with Crippen molar-refractivity contribution in [3.63, 3.8) is 0 Å². The molecule has 0 amide bonds. The van der Waals surface area contributed by atoms with Gasteiger partial charge in [0.2, 0.25) is 0 Å². The molecule has 0 bridgehead atoms. The number of nitrogens with two attached hydrogens (primary N) is 1. The van der Waals surface area contributed by atoms with Gasteiger partial charge in [-0.15, -0.1) is 0 Å². The molecule has 2 heterocycles. The van der Waals surface area contributed by atoms with E-state index < -0.39 is 4.92 Å². The third kappa shape index (κ3) is 1.91. The summed E-state index contributed by atoms with van der Waals surface area (Å²) in [5.74, 6) is 0.847. The Morgan fingerprint density at radius 2 is 2.05 bits per heavy atom. The molecule has 2 aromatic heterocycles. The normalized spacial score (nSPS) is 10.6. The fraction of sp³-hybridized carbons (Fsp3) is 0. The molecule has 0 unspecified atom stereocenters. The second-order valence-electron chi connectivity index (χ2n) is 4.09. The van der Waals surface area contributed by atoms with Crippen LogP contribution in [0.1, 0.15) is 0 Å². The number of nitrogens with zero attached hydrogens (tertiary/aromatic N) is 3. The number of anilines is 1. The topological polar surface area (TPSA) is 100 Å². The molecule has 0 saturated carbocycles. The van der Waals surface area contributed by atoms with Gasteiger partial charge < -0.3 is 10.2 Å². The van der Waals surface area contributed by atoms with Gasteiger partial charge in [0.1, 0.15) is 17.2 Å². The van der Waals surface area contributed by atoms with Crippen LogP contribution in [0.5, 0.6) is 0 Å². The molecule has 0 aliphatic rings. The van der Waals surface area contributed by atoms with E-state index in [0.29, 0.717) is 23.0 Å². The van der Waals surface area contributed by atoms with Gasteiger partial charge in [-0.25, -0.2) is 4.68 Å². The third-order valence-corrected chi connectivity index (χ3v) is 2.82. The van der Waals surface area contributed by atoms with E-state index in [1.807, 2.05) is 0 Å². The minimum Gasteiger partial charge on any atom is -0.463 e. The second-order valence-corrected chi connectivity index (χ2v) is 4.09. The summed E-state index contributed by atoms with van der Waals surface area (Å²) in [5, 5.41) is 15.3. The molecule has 0 spiro atoms. The highest BCUT2D eigenvalue weighted by Crippen LogP contribution is 2.27. The van der Waals surface area contributed by atoms with Crippen LogP contribution in [0.25, 0.3) is 17.1 Å². The molecule has 7 nitrogen and oxygen atoms in total. The highest BCUT2D eigenvalue weighted by molar-refractivity contribution is 5.62. The fourth-order valence-electron chi connectivity index (χ4n) is 1.93. The van der Waals surface area contributed by atoms with Crippen LogP contribution in [0, 0.1) is 10.1 Å². The first-order valence-electron chi connectivity index (χ1n) is 5.80. The summed E-state index contributed by atoms with van der Waals surface area (Å²) < 4.78 is 6.57. The molecule has 0 fully saturated rings. The summed E-state index contributed by atoms with van der Waals surface area (Å²) in [5.41, 5.74) is 6.65. The SMILES string of the molecule is Nc1cc(-c2ccco2)nn1-c1ccccc1[N+](=O)[O-]. The van der Waals surface area contributed by atoms with Crippen molar-refractivity contribution in [2.24, 2.45) is 0 Å². The lowest BCUT2D eigenvalue weighted by Crippen LogP contribution is -2.04. The number of hydrogen-bond acceptors (Lipinski definition) is 5. The molecule has 1 aromatic carbocycles. The number of rotatable bonds is 3. The quantitative estimate of drug-likeness (QED) is 0.582. The highest BCUT2D eigenvalue weighted by atomic mass is 16.6. The van der Waals surface area contributed by atoms with Crippen molar-refractivity contribution < 1.29 is 9.34 Å². The van der Waals surface area contributed by atoms with Gasteiger partial charge in [0.25, 0.3) is 5.69 Å². The Morgan fingerprint density at radius 1 is 1.25 bits per heavy atom. The van der Waals surface area contributed by atoms with Gasteiger partial charge >= 0.3 is 0 Å². The molecule has 7 heteroatoms. The van der Waals surface area contributed by atoms with Gasteiger partial charge in [0, 0.05) is 12.1 Å². The predicted octanol–water partition coefficient (Wildman–Crippen LogP) is 2.62. The molecule has 3 aromatic rings. The summed E-state index contributed by atoms with van der Waals surface area (Å²) in [6.45, 7) is 0. The van der Waals surface area contributed by atoms with E-state index in [-0.39, 0.29) is 5.69 Å². The molecule has 20 heavy (non-hydrogen) atoms. The zero-order valence-corrected chi connectivity index (χ0v) is 10.3. The number of furan rings is 1. The van der Waals surface area contributed by atoms with E-state index in [2.05, 4.69) is 5.10 Å². The lowest BCUT2D eigenvalue weighted by molar-refractivity contribution is -0.384.